The highest BCUT2D eigenvalue weighted by Crippen LogP contribution is 2.26. The number of anilines is 2. The first kappa shape index (κ1) is 16.5. The highest BCUT2D eigenvalue weighted by molar-refractivity contribution is 6.37. The van der Waals surface area contributed by atoms with E-state index in [1.54, 1.807) is 19.1 Å². The highest BCUT2D eigenvalue weighted by Gasteiger charge is 2.19. The summed E-state index contributed by atoms with van der Waals surface area (Å²) in [5.74, 6) is -1.85. The molecule has 0 fully saturated rings. The fraction of sp³-hybridized carbons (Fsp3) is 0.400. The van der Waals surface area contributed by atoms with Gasteiger partial charge in [-0.3, -0.25) is 4.79 Å². The number of rotatable bonds is 5. The van der Waals surface area contributed by atoms with Gasteiger partial charge in [-0.05, 0) is 32.9 Å². The van der Waals surface area contributed by atoms with Crippen LogP contribution in [0.3, 0.4) is 0 Å². The highest BCUT2D eigenvalue weighted by atomic mass is 16.5. The van der Waals surface area contributed by atoms with E-state index in [-0.39, 0.29) is 6.61 Å². The predicted molar refractivity (Wildman–Crippen MR) is 80.0 cm³/mol. The first-order valence-corrected chi connectivity index (χ1v) is 6.85. The zero-order chi connectivity index (χ0) is 15.8. The van der Waals surface area contributed by atoms with Crippen LogP contribution >= 0.6 is 0 Å². The van der Waals surface area contributed by atoms with E-state index in [1.807, 2.05) is 24.8 Å². The molecule has 0 aliphatic carbocycles. The van der Waals surface area contributed by atoms with E-state index in [0.29, 0.717) is 11.3 Å². The van der Waals surface area contributed by atoms with Gasteiger partial charge >= 0.3 is 11.9 Å². The zero-order valence-corrected chi connectivity index (χ0v) is 12.5. The summed E-state index contributed by atoms with van der Waals surface area (Å²) in [6, 6.07) is 7.21. The Morgan fingerprint density at radius 1 is 1.29 bits per heavy atom. The van der Waals surface area contributed by atoms with Crippen molar-refractivity contribution < 1.29 is 14.3 Å². The SMILES string of the molecule is CCOC(=O)C(=O)Nc1cccc(N(CC)CC)c1C#N. The van der Waals surface area contributed by atoms with E-state index in [4.69, 9.17) is 0 Å². The average Bonchev–Trinajstić information content (AvgIpc) is 2.49. The molecule has 0 bridgehead atoms. The third kappa shape index (κ3) is 3.96. The second-order valence-corrected chi connectivity index (χ2v) is 4.16. The Labute approximate surface area is 124 Å². The second kappa shape index (κ2) is 7.90. The molecular weight excluding hydrogens is 270 g/mol. The molecule has 0 heterocycles. The smallest absolute Gasteiger partial charge is 0.397 e. The van der Waals surface area contributed by atoms with Crippen molar-refractivity contribution in [2.45, 2.75) is 20.8 Å². The molecule has 0 atom stereocenters. The third-order valence-electron chi connectivity index (χ3n) is 2.97. The van der Waals surface area contributed by atoms with Gasteiger partial charge in [0.25, 0.3) is 0 Å². The molecule has 1 N–H and O–H groups in total. The lowest BCUT2D eigenvalue weighted by molar-refractivity contribution is -0.152. The molecule has 0 saturated carbocycles. The molecule has 1 aromatic rings. The molecule has 0 aromatic heterocycles. The number of carbonyl (C=O) groups is 2. The number of carbonyl (C=O) groups excluding carboxylic acids is 2. The van der Waals surface area contributed by atoms with E-state index in [9.17, 15) is 14.9 Å². The van der Waals surface area contributed by atoms with Crippen molar-refractivity contribution in [3.05, 3.63) is 23.8 Å². The number of nitrogens with zero attached hydrogens (tertiary/aromatic N) is 2. The van der Waals surface area contributed by atoms with E-state index >= 15 is 0 Å². The molecule has 112 valence electrons. The largest absolute Gasteiger partial charge is 0.459 e. The van der Waals surface area contributed by atoms with E-state index in [1.165, 1.54) is 0 Å². The first-order chi connectivity index (χ1) is 10.1. The van der Waals surface area contributed by atoms with Crippen LogP contribution in [0, 0.1) is 11.3 Å². The van der Waals surface area contributed by atoms with E-state index in [0.717, 1.165) is 18.8 Å². The monoisotopic (exact) mass is 289 g/mol. The molecule has 0 saturated heterocycles. The Morgan fingerprint density at radius 3 is 2.48 bits per heavy atom. The van der Waals surface area contributed by atoms with Crippen molar-refractivity contribution in [3.8, 4) is 6.07 Å². The van der Waals surface area contributed by atoms with Gasteiger partial charge in [0, 0.05) is 13.1 Å². The lowest BCUT2D eigenvalue weighted by atomic mass is 10.1. The molecule has 0 aliphatic rings. The van der Waals surface area contributed by atoms with Gasteiger partial charge in [-0.2, -0.15) is 5.26 Å². The summed E-state index contributed by atoms with van der Waals surface area (Å²) in [6.07, 6.45) is 0. The summed E-state index contributed by atoms with van der Waals surface area (Å²) in [7, 11) is 0. The average molecular weight is 289 g/mol. The summed E-state index contributed by atoms with van der Waals surface area (Å²) in [5.41, 5.74) is 1.36. The Bertz CT molecular complexity index is 560. The van der Waals surface area contributed by atoms with Crippen molar-refractivity contribution in [1.82, 2.24) is 0 Å². The lowest BCUT2D eigenvalue weighted by Gasteiger charge is -2.23. The normalized spacial score (nSPS) is 9.62. The number of hydrogen-bond donors (Lipinski definition) is 1. The van der Waals surface area contributed by atoms with Gasteiger partial charge in [0.15, 0.2) is 0 Å². The summed E-state index contributed by atoms with van der Waals surface area (Å²) in [6.45, 7) is 7.17. The molecule has 6 heteroatoms. The molecule has 6 nitrogen and oxygen atoms in total. The number of esters is 1. The Morgan fingerprint density at radius 2 is 1.95 bits per heavy atom. The van der Waals surface area contributed by atoms with Crippen LogP contribution < -0.4 is 10.2 Å². The molecule has 1 amide bonds. The van der Waals surface area contributed by atoms with Gasteiger partial charge < -0.3 is 15.0 Å². The standard InChI is InChI=1S/C15H19N3O3/c1-4-18(5-2)13-9-7-8-12(11(13)10-16)17-14(19)15(20)21-6-3/h7-9H,4-6H2,1-3H3,(H,17,19). The number of ether oxygens (including phenoxy) is 1. The number of benzene rings is 1. The zero-order valence-electron chi connectivity index (χ0n) is 12.5. The van der Waals surface area contributed by atoms with Gasteiger partial charge in [-0.1, -0.05) is 6.07 Å². The van der Waals surface area contributed by atoms with Gasteiger partial charge in [0.05, 0.1) is 23.5 Å². The van der Waals surface area contributed by atoms with Crippen molar-refractivity contribution >= 4 is 23.3 Å². The number of nitrogens with one attached hydrogen (secondary N) is 1. The Hall–Kier alpha value is -2.55. The van der Waals surface area contributed by atoms with Crippen LogP contribution in [0.15, 0.2) is 18.2 Å². The van der Waals surface area contributed by atoms with E-state index < -0.39 is 11.9 Å². The molecule has 21 heavy (non-hydrogen) atoms. The summed E-state index contributed by atoms with van der Waals surface area (Å²) in [5, 5.41) is 11.8. The molecule has 1 aromatic carbocycles. The van der Waals surface area contributed by atoms with Crippen molar-refractivity contribution in [1.29, 1.82) is 5.26 Å². The maximum Gasteiger partial charge on any atom is 0.397 e. The quantitative estimate of drug-likeness (QED) is 0.661. The van der Waals surface area contributed by atoms with Crippen LogP contribution in [-0.2, 0) is 14.3 Å². The summed E-state index contributed by atoms with van der Waals surface area (Å²) < 4.78 is 4.63. The number of amides is 1. The van der Waals surface area contributed by atoms with Crippen LogP contribution in [0.2, 0.25) is 0 Å². The molecule has 0 spiro atoms. The molecule has 0 radical (unpaired) electrons. The fourth-order valence-electron chi connectivity index (χ4n) is 1.96. The lowest BCUT2D eigenvalue weighted by Crippen LogP contribution is -2.26. The van der Waals surface area contributed by atoms with Crippen LogP contribution in [0.4, 0.5) is 11.4 Å². The topological polar surface area (TPSA) is 82.4 Å². The number of hydrogen-bond acceptors (Lipinski definition) is 5. The van der Waals surface area contributed by atoms with Crippen LogP contribution in [-0.4, -0.2) is 31.6 Å². The molecule has 0 unspecified atom stereocenters. The Kier molecular flexibility index (Phi) is 6.21. The number of nitriles is 1. The summed E-state index contributed by atoms with van der Waals surface area (Å²) >= 11 is 0. The van der Waals surface area contributed by atoms with E-state index in [2.05, 4.69) is 16.1 Å². The van der Waals surface area contributed by atoms with Crippen LogP contribution in [0.25, 0.3) is 0 Å². The second-order valence-electron chi connectivity index (χ2n) is 4.16. The van der Waals surface area contributed by atoms with Crippen molar-refractivity contribution in [2.24, 2.45) is 0 Å². The van der Waals surface area contributed by atoms with Gasteiger partial charge in [-0.15, -0.1) is 0 Å². The third-order valence-corrected chi connectivity index (χ3v) is 2.97. The van der Waals surface area contributed by atoms with Crippen LogP contribution in [0.1, 0.15) is 26.3 Å². The minimum atomic E-state index is -0.963. The molecule has 1 rings (SSSR count). The minimum Gasteiger partial charge on any atom is -0.459 e. The predicted octanol–water partition coefficient (Wildman–Crippen LogP) is 1.91. The van der Waals surface area contributed by atoms with Gasteiger partial charge in [0.2, 0.25) is 0 Å². The van der Waals surface area contributed by atoms with Crippen LogP contribution in [0.5, 0.6) is 0 Å². The van der Waals surface area contributed by atoms with Crippen molar-refractivity contribution in [2.75, 3.05) is 29.9 Å². The molecular formula is C15H19N3O3. The van der Waals surface area contributed by atoms with Gasteiger partial charge in [0.1, 0.15) is 6.07 Å². The minimum absolute atomic E-state index is 0.122. The Balaban J connectivity index is 3.09. The van der Waals surface area contributed by atoms with Gasteiger partial charge in [-0.25, -0.2) is 4.79 Å². The molecule has 0 aliphatic heterocycles. The maximum atomic E-state index is 11.7. The fourth-order valence-corrected chi connectivity index (χ4v) is 1.96. The first-order valence-electron chi connectivity index (χ1n) is 6.85. The maximum absolute atomic E-state index is 11.7. The summed E-state index contributed by atoms with van der Waals surface area (Å²) in [4.78, 5) is 25.0. The van der Waals surface area contributed by atoms with Crippen molar-refractivity contribution in [3.63, 3.8) is 0 Å².